The maximum Gasteiger partial charge on any atom is 0.410 e. The first-order chi connectivity index (χ1) is 10.8. The van der Waals surface area contributed by atoms with Crippen LogP contribution in [0.3, 0.4) is 0 Å². The van der Waals surface area contributed by atoms with E-state index >= 15 is 0 Å². The second kappa shape index (κ2) is 8.56. The SMILES string of the molecule is CCCC(=O)Nc1ccccc1CN(CC)C(=O)OC(C)(C)C. The Kier molecular flexibility index (Phi) is 7.07. The highest BCUT2D eigenvalue weighted by Crippen LogP contribution is 2.19. The predicted octanol–water partition coefficient (Wildman–Crippen LogP) is 4.18. The number of ether oxygens (including phenoxy) is 1. The Hall–Kier alpha value is -2.04. The third-order valence-electron chi connectivity index (χ3n) is 3.16. The zero-order chi connectivity index (χ0) is 17.5. The molecule has 0 heterocycles. The van der Waals surface area contributed by atoms with E-state index in [2.05, 4.69) is 5.32 Å². The van der Waals surface area contributed by atoms with E-state index in [0.717, 1.165) is 17.7 Å². The van der Waals surface area contributed by atoms with E-state index in [0.29, 0.717) is 19.5 Å². The summed E-state index contributed by atoms with van der Waals surface area (Å²) >= 11 is 0. The fourth-order valence-corrected chi connectivity index (χ4v) is 2.06. The number of nitrogens with one attached hydrogen (secondary N) is 1. The molecule has 0 bridgehead atoms. The van der Waals surface area contributed by atoms with Crippen LogP contribution in [0.2, 0.25) is 0 Å². The smallest absolute Gasteiger partial charge is 0.410 e. The largest absolute Gasteiger partial charge is 0.444 e. The van der Waals surface area contributed by atoms with E-state index in [-0.39, 0.29) is 12.0 Å². The molecule has 0 aliphatic carbocycles. The van der Waals surface area contributed by atoms with Gasteiger partial charge in [0.15, 0.2) is 0 Å². The molecule has 23 heavy (non-hydrogen) atoms. The molecular formula is C18H28N2O3. The van der Waals surface area contributed by atoms with Gasteiger partial charge in [-0.15, -0.1) is 0 Å². The Morgan fingerprint density at radius 3 is 2.39 bits per heavy atom. The van der Waals surface area contributed by atoms with Crippen LogP contribution in [0.25, 0.3) is 0 Å². The van der Waals surface area contributed by atoms with Crippen LogP contribution in [0.5, 0.6) is 0 Å². The highest BCUT2D eigenvalue weighted by atomic mass is 16.6. The normalized spacial score (nSPS) is 11.0. The minimum absolute atomic E-state index is 0.0136. The number of nitrogens with zero attached hydrogens (tertiary/aromatic N) is 1. The number of hydrogen-bond acceptors (Lipinski definition) is 3. The van der Waals surface area contributed by atoms with Crippen molar-refractivity contribution in [1.82, 2.24) is 4.90 Å². The summed E-state index contributed by atoms with van der Waals surface area (Å²) in [5, 5.41) is 2.91. The molecule has 5 heteroatoms. The summed E-state index contributed by atoms with van der Waals surface area (Å²) in [6.45, 7) is 10.3. The van der Waals surface area contributed by atoms with Crippen LogP contribution in [0.15, 0.2) is 24.3 Å². The summed E-state index contributed by atoms with van der Waals surface area (Å²) in [6.07, 6.45) is 0.930. The Morgan fingerprint density at radius 1 is 1.17 bits per heavy atom. The molecule has 1 aromatic rings. The molecule has 0 spiro atoms. The van der Waals surface area contributed by atoms with Crippen LogP contribution < -0.4 is 5.32 Å². The average molecular weight is 320 g/mol. The van der Waals surface area contributed by atoms with Gasteiger partial charge < -0.3 is 15.0 Å². The van der Waals surface area contributed by atoms with E-state index in [9.17, 15) is 9.59 Å². The minimum atomic E-state index is -0.528. The second-order valence-corrected chi connectivity index (χ2v) is 6.45. The van der Waals surface area contributed by atoms with Crippen molar-refractivity contribution in [3.63, 3.8) is 0 Å². The standard InChI is InChI=1S/C18H28N2O3/c1-6-10-16(21)19-15-12-9-8-11-14(15)13-20(7-2)17(22)23-18(3,4)5/h8-9,11-12H,6-7,10,13H2,1-5H3,(H,19,21). The topological polar surface area (TPSA) is 58.6 Å². The summed E-state index contributed by atoms with van der Waals surface area (Å²) < 4.78 is 5.42. The molecule has 128 valence electrons. The van der Waals surface area contributed by atoms with Gasteiger partial charge in [0.2, 0.25) is 5.91 Å². The van der Waals surface area contributed by atoms with Crippen LogP contribution in [0.1, 0.15) is 53.0 Å². The van der Waals surface area contributed by atoms with Crippen molar-refractivity contribution in [2.45, 2.75) is 59.6 Å². The van der Waals surface area contributed by atoms with E-state index in [1.165, 1.54) is 0 Å². The second-order valence-electron chi connectivity index (χ2n) is 6.45. The van der Waals surface area contributed by atoms with Crippen LogP contribution in [0.4, 0.5) is 10.5 Å². The first-order valence-electron chi connectivity index (χ1n) is 8.12. The zero-order valence-corrected chi connectivity index (χ0v) is 14.8. The van der Waals surface area contributed by atoms with Crippen molar-refractivity contribution < 1.29 is 14.3 Å². The van der Waals surface area contributed by atoms with Gasteiger partial charge in [0.05, 0.1) is 6.54 Å². The Bertz CT molecular complexity index is 535. The van der Waals surface area contributed by atoms with Crippen molar-refractivity contribution in [2.75, 3.05) is 11.9 Å². The molecule has 1 rings (SSSR count). The monoisotopic (exact) mass is 320 g/mol. The van der Waals surface area contributed by atoms with Gasteiger partial charge in [0.25, 0.3) is 0 Å². The van der Waals surface area contributed by atoms with E-state index in [1.807, 2.05) is 58.9 Å². The molecule has 2 amide bonds. The van der Waals surface area contributed by atoms with Gasteiger partial charge in [-0.3, -0.25) is 4.79 Å². The summed E-state index contributed by atoms with van der Waals surface area (Å²) in [5.74, 6) is -0.0136. The molecule has 0 unspecified atom stereocenters. The summed E-state index contributed by atoms with van der Waals surface area (Å²) in [4.78, 5) is 25.7. The zero-order valence-electron chi connectivity index (χ0n) is 14.8. The lowest BCUT2D eigenvalue weighted by molar-refractivity contribution is -0.116. The Balaban J connectivity index is 2.85. The average Bonchev–Trinajstić information content (AvgIpc) is 2.44. The molecular weight excluding hydrogens is 292 g/mol. The van der Waals surface area contributed by atoms with Gasteiger partial charge in [-0.1, -0.05) is 25.1 Å². The number of anilines is 1. The van der Waals surface area contributed by atoms with Crippen molar-refractivity contribution >= 4 is 17.7 Å². The van der Waals surface area contributed by atoms with Crippen molar-refractivity contribution in [3.8, 4) is 0 Å². The van der Waals surface area contributed by atoms with Gasteiger partial charge in [-0.25, -0.2) is 4.79 Å². The van der Waals surface area contributed by atoms with Gasteiger partial charge in [-0.05, 0) is 45.7 Å². The van der Waals surface area contributed by atoms with Gasteiger partial charge in [0, 0.05) is 18.7 Å². The molecule has 0 saturated carbocycles. The molecule has 1 aromatic carbocycles. The van der Waals surface area contributed by atoms with Crippen LogP contribution in [-0.2, 0) is 16.1 Å². The third kappa shape index (κ3) is 6.72. The third-order valence-corrected chi connectivity index (χ3v) is 3.16. The fourth-order valence-electron chi connectivity index (χ4n) is 2.06. The van der Waals surface area contributed by atoms with Crippen molar-refractivity contribution in [1.29, 1.82) is 0 Å². The fraction of sp³-hybridized carbons (Fsp3) is 0.556. The molecule has 0 fully saturated rings. The number of hydrogen-bond donors (Lipinski definition) is 1. The molecule has 1 N–H and O–H groups in total. The number of amides is 2. The maximum atomic E-state index is 12.2. The number of para-hydroxylation sites is 1. The minimum Gasteiger partial charge on any atom is -0.444 e. The lowest BCUT2D eigenvalue weighted by Gasteiger charge is -2.27. The van der Waals surface area contributed by atoms with Gasteiger partial charge in [0.1, 0.15) is 5.60 Å². The highest BCUT2D eigenvalue weighted by Gasteiger charge is 2.22. The number of benzene rings is 1. The number of carbonyl (C=O) groups is 2. The molecule has 0 saturated heterocycles. The molecule has 0 radical (unpaired) electrons. The van der Waals surface area contributed by atoms with Crippen molar-refractivity contribution in [3.05, 3.63) is 29.8 Å². The number of rotatable bonds is 6. The summed E-state index contributed by atoms with van der Waals surface area (Å²) in [5.41, 5.74) is 1.11. The Morgan fingerprint density at radius 2 is 1.83 bits per heavy atom. The van der Waals surface area contributed by atoms with Crippen LogP contribution >= 0.6 is 0 Å². The van der Waals surface area contributed by atoms with E-state index in [1.54, 1.807) is 4.90 Å². The molecule has 0 aliphatic heterocycles. The van der Waals surface area contributed by atoms with Crippen LogP contribution in [0, 0.1) is 0 Å². The quantitative estimate of drug-likeness (QED) is 0.855. The molecule has 0 aromatic heterocycles. The summed E-state index contributed by atoms with van der Waals surface area (Å²) in [7, 11) is 0. The van der Waals surface area contributed by atoms with Gasteiger partial charge >= 0.3 is 6.09 Å². The first kappa shape index (κ1) is 19.0. The lowest BCUT2D eigenvalue weighted by atomic mass is 10.1. The molecule has 0 atom stereocenters. The van der Waals surface area contributed by atoms with Gasteiger partial charge in [-0.2, -0.15) is 0 Å². The predicted molar refractivity (Wildman–Crippen MR) is 92.3 cm³/mol. The lowest BCUT2D eigenvalue weighted by Crippen LogP contribution is -2.36. The molecule has 0 aliphatic rings. The maximum absolute atomic E-state index is 12.2. The highest BCUT2D eigenvalue weighted by molar-refractivity contribution is 5.91. The Labute approximate surface area is 139 Å². The van der Waals surface area contributed by atoms with Crippen LogP contribution in [-0.4, -0.2) is 29.0 Å². The van der Waals surface area contributed by atoms with Crippen molar-refractivity contribution in [2.24, 2.45) is 0 Å². The first-order valence-corrected chi connectivity index (χ1v) is 8.12. The molecule has 5 nitrogen and oxygen atoms in total. The number of carbonyl (C=O) groups excluding carboxylic acids is 2. The summed E-state index contributed by atoms with van der Waals surface area (Å²) in [6, 6.07) is 7.53. The van der Waals surface area contributed by atoms with E-state index in [4.69, 9.17) is 4.74 Å². The van der Waals surface area contributed by atoms with E-state index < -0.39 is 5.60 Å².